The SMILES string of the molecule is CCNc1nccn1-c1cc(C)ccc1F. The maximum Gasteiger partial charge on any atom is 0.207 e. The fraction of sp³-hybridized carbons (Fsp3) is 0.250. The molecule has 0 aliphatic carbocycles. The van der Waals surface area contributed by atoms with Gasteiger partial charge >= 0.3 is 0 Å². The number of anilines is 1. The van der Waals surface area contributed by atoms with Crippen LogP contribution in [0.5, 0.6) is 0 Å². The Bertz CT molecular complexity index is 491. The molecule has 3 nitrogen and oxygen atoms in total. The van der Waals surface area contributed by atoms with E-state index in [4.69, 9.17) is 0 Å². The molecule has 0 bridgehead atoms. The van der Waals surface area contributed by atoms with Crippen LogP contribution in [-0.2, 0) is 0 Å². The Kier molecular flexibility index (Phi) is 2.90. The molecule has 1 N–H and O–H groups in total. The van der Waals surface area contributed by atoms with Crippen LogP contribution in [0.3, 0.4) is 0 Å². The van der Waals surface area contributed by atoms with E-state index < -0.39 is 0 Å². The average Bonchev–Trinajstić information content (AvgIpc) is 2.70. The van der Waals surface area contributed by atoms with E-state index in [1.807, 2.05) is 13.8 Å². The Morgan fingerprint density at radius 2 is 2.25 bits per heavy atom. The number of aryl methyl sites for hydroxylation is 1. The average molecular weight is 219 g/mol. The summed E-state index contributed by atoms with van der Waals surface area (Å²) < 4.78 is 15.4. The van der Waals surface area contributed by atoms with Crippen LogP contribution >= 0.6 is 0 Å². The van der Waals surface area contributed by atoms with Gasteiger partial charge in [-0.2, -0.15) is 0 Å². The van der Waals surface area contributed by atoms with Crippen molar-refractivity contribution >= 4 is 5.95 Å². The number of halogens is 1. The van der Waals surface area contributed by atoms with E-state index in [0.717, 1.165) is 12.1 Å². The lowest BCUT2D eigenvalue weighted by atomic mass is 10.2. The summed E-state index contributed by atoms with van der Waals surface area (Å²) in [7, 11) is 0. The van der Waals surface area contributed by atoms with Crippen LogP contribution < -0.4 is 5.32 Å². The van der Waals surface area contributed by atoms with Crippen LogP contribution in [0.2, 0.25) is 0 Å². The van der Waals surface area contributed by atoms with Gasteiger partial charge in [-0.15, -0.1) is 0 Å². The van der Waals surface area contributed by atoms with E-state index in [9.17, 15) is 4.39 Å². The quantitative estimate of drug-likeness (QED) is 0.860. The lowest BCUT2D eigenvalue weighted by molar-refractivity contribution is 0.618. The number of rotatable bonds is 3. The van der Waals surface area contributed by atoms with Crippen molar-refractivity contribution < 1.29 is 4.39 Å². The van der Waals surface area contributed by atoms with Crippen LogP contribution in [0.4, 0.5) is 10.3 Å². The molecule has 1 aromatic carbocycles. The number of nitrogens with one attached hydrogen (secondary N) is 1. The molecular weight excluding hydrogens is 205 g/mol. The van der Waals surface area contributed by atoms with Gasteiger partial charge in [0.25, 0.3) is 0 Å². The highest BCUT2D eigenvalue weighted by molar-refractivity contribution is 5.44. The topological polar surface area (TPSA) is 29.9 Å². The third-order valence-corrected chi connectivity index (χ3v) is 2.34. The standard InChI is InChI=1S/C12H14FN3/c1-3-14-12-15-6-7-16(12)11-8-9(2)4-5-10(11)13/h4-8H,3H2,1-2H3,(H,14,15). The zero-order chi connectivity index (χ0) is 11.5. The highest BCUT2D eigenvalue weighted by atomic mass is 19.1. The van der Waals surface area contributed by atoms with E-state index in [1.165, 1.54) is 6.07 Å². The summed E-state index contributed by atoms with van der Waals surface area (Å²) in [5.41, 5.74) is 1.54. The normalized spacial score (nSPS) is 10.4. The minimum absolute atomic E-state index is 0.247. The van der Waals surface area contributed by atoms with Crippen LogP contribution in [0.25, 0.3) is 5.69 Å². The summed E-state index contributed by atoms with van der Waals surface area (Å²) in [6.45, 7) is 4.67. The molecule has 0 saturated heterocycles. The molecule has 0 amide bonds. The summed E-state index contributed by atoms with van der Waals surface area (Å²) >= 11 is 0. The number of hydrogen-bond donors (Lipinski definition) is 1. The zero-order valence-corrected chi connectivity index (χ0v) is 9.37. The van der Waals surface area contributed by atoms with Gasteiger partial charge in [0.05, 0.1) is 5.69 Å². The number of aromatic nitrogens is 2. The summed E-state index contributed by atoms with van der Waals surface area (Å²) in [5.74, 6) is 0.412. The smallest absolute Gasteiger partial charge is 0.207 e. The molecule has 0 radical (unpaired) electrons. The minimum Gasteiger partial charge on any atom is -0.356 e. The Hall–Kier alpha value is -1.84. The van der Waals surface area contributed by atoms with E-state index in [0.29, 0.717) is 11.6 Å². The van der Waals surface area contributed by atoms with Gasteiger partial charge in [0, 0.05) is 18.9 Å². The summed E-state index contributed by atoms with van der Waals surface area (Å²) in [6.07, 6.45) is 3.40. The van der Waals surface area contributed by atoms with Gasteiger partial charge in [-0.05, 0) is 31.5 Å². The maximum atomic E-state index is 13.7. The molecule has 0 spiro atoms. The molecule has 16 heavy (non-hydrogen) atoms. The minimum atomic E-state index is -0.247. The second-order valence-electron chi connectivity index (χ2n) is 3.61. The van der Waals surface area contributed by atoms with Crippen molar-refractivity contribution in [2.45, 2.75) is 13.8 Å². The number of benzene rings is 1. The van der Waals surface area contributed by atoms with Gasteiger partial charge in [0.2, 0.25) is 5.95 Å². The summed E-state index contributed by atoms with van der Waals surface area (Å²) in [4.78, 5) is 4.14. The second kappa shape index (κ2) is 4.35. The first-order valence-electron chi connectivity index (χ1n) is 5.26. The fourth-order valence-electron chi connectivity index (χ4n) is 1.59. The molecule has 0 aliphatic heterocycles. The highest BCUT2D eigenvalue weighted by Crippen LogP contribution is 2.19. The lowest BCUT2D eigenvalue weighted by Crippen LogP contribution is -2.06. The molecule has 0 fully saturated rings. The van der Waals surface area contributed by atoms with Gasteiger partial charge in [0.1, 0.15) is 5.82 Å². The lowest BCUT2D eigenvalue weighted by Gasteiger charge is -2.10. The van der Waals surface area contributed by atoms with Crippen LogP contribution in [0.1, 0.15) is 12.5 Å². The number of imidazole rings is 1. The molecule has 0 saturated carbocycles. The Morgan fingerprint density at radius 3 is 3.00 bits per heavy atom. The van der Waals surface area contributed by atoms with E-state index in [1.54, 1.807) is 29.1 Å². The van der Waals surface area contributed by atoms with Crippen molar-refractivity contribution in [2.75, 3.05) is 11.9 Å². The van der Waals surface area contributed by atoms with E-state index in [2.05, 4.69) is 10.3 Å². The fourth-order valence-corrected chi connectivity index (χ4v) is 1.59. The molecule has 1 aromatic heterocycles. The Labute approximate surface area is 93.9 Å². The largest absolute Gasteiger partial charge is 0.356 e. The maximum absolute atomic E-state index is 13.7. The monoisotopic (exact) mass is 219 g/mol. The number of nitrogens with zero attached hydrogens (tertiary/aromatic N) is 2. The second-order valence-corrected chi connectivity index (χ2v) is 3.61. The Morgan fingerprint density at radius 1 is 1.44 bits per heavy atom. The molecule has 4 heteroatoms. The van der Waals surface area contributed by atoms with Crippen molar-refractivity contribution in [3.63, 3.8) is 0 Å². The summed E-state index contributed by atoms with van der Waals surface area (Å²) in [6, 6.07) is 5.03. The van der Waals surface area contributed by atoms with Crippen molar-refractivity contribution in [3.8, 4) is 5.69 Å². The van der Waals surface area contributed by atoms with Crippen molar-refractivity contribution in [1.29, 1.82) is 0 Å². The third-order valence-electron chi connectivity index (χ3n) is 2.34. The predicted molar refractivity (Wildman–Crippen MR) is 62.4 cm³/mol. The number of hydrogen-bond acceptors (Lipinski definition) is 2. The van der Waals surface area contributed by atoms with Crippen molar-refractivity contribution in [3.05, 3.63) is 42.0 Å². The van der Waals surface area contributed by atoms with Gasteiger partial charge in [-0.25, -0.2) is 9.37 Å². The van der Waals surface area contributed by atoms with Crippen molar-refractivity contribution in [1.82, 2.24) is 9.55 Å². The van der Waals surface area contributed by atoms with E-state index >= 15 is 0 Å². The van der Waals surface area contributed by atoms with Gasteiger partial charge in [-0.1, -0.05) is 6.07 Å². The van der Waals surface area contributed by atoms with E-state index in [-0.39, 0.29) is 5.82 Å². The van der Waals surface area contributed by atoms with Crippen molar-refractivity contribution in [2.24, 2.45) is 0 Å². The zero-order valence-electron chi connectivity index (χ0n) is 9.37. The molecular formula is C12H14FN3. The van der Waals surface area contributed by atoms with Crippen LogP contribution in [0.15, 0.2) is 30.6 Å². The molecule has 84 valence electrons. The molecule has 0 aliphatic rings. The predicted octanol–water partition coefficient (Wildman–Crippen LogP) is 2.75. The van der Waals surface area contributed by atoms with Gasteiger partial charge < -0.3 is 5.32 Å². The van der Waals surface area contributed by atoms with Gasteiger partial charge in [0.15, 0.2) is 0 Å². The molecule has 0 atom stereocenters. The highest BCUT2D eigenvalue weighted by Gasteiger charge is 2.08. The Balaban J connectivity index is 2.49. The summed E-state index contributed by atoms with van der Waals surface area (Å²) in [5, 5.41) is 3.09. The molecule has 1 heterocycles. The first-order valence-corrected chi connectivity index (χ1v) is 5.26. The first kappa shape index (κ1) is 10.7. The molecule has 2 aromatic rings. The first-order chi connectivity index (χ1) is 7.72. The van der Waals surface area contributed by atoms with Crippen LogP contribution in [0, 0.1) is 12.7 Å². The molecule has 0 unspecified atom stereocenters. The third kappa shape index (κ3) is 1.91. The molecule has 2 rings (SSSR count). The van der Waals surface area contributed by atoms with Gasteiger partial charge in [-0.3, -0.25) is 4.57 Å². The van der Waals surface area contributed by atoms with Crippen LogP contribution in [-0.4, -0.2) is 16.1 Å².